The van der Waals surface area contributed by atoms with E-state index in [0.717, 1.165) is 39.8 Å². The summed E-state index contributed by atoms with van der Waals surface area (Å²) in [6.07, 6.45) is 0. The van der Waals surface area contributed by atoms with Gasteiger partial charge < -0.3 is 9.80 Å². The lowest BCUT2D eigenvalue weighted by atomic mass is 10.1. The van der Waals surface area contributed by atoms with Crippen LogP contribution in [0.3, 0.4) is 0 Å². The molecule has 168 valence electrons. The van der Waals surface area contributed by atoms with E-state index < -0.39 is 0 Å². The first kappa shape index (κ1) is 22.3. The predicted molar refractivity (Wildman–Crippen MR) is 150 cm³/mol. The van der Waals surface area contributed by atoms with E-state index in [9.17, 15) is 0 Å². The van der Waals surface area contributed by atoms with E-state index in [-0.39, 0.29) is 0 Å². The van der Waals surface area contributed by atoms with Gasteiger partial charge in [0.15, 0.2) is 0 Å². The molecule has 0 radical (unpaired) electrons. The van der Waals surface area contributed by atoms with Gasteiger partial charge in [0.1, 0.15) is 0 Å². The molecule has 0 saturated carbocycles. The van der Waals surface area contributed by atoms with E-state index in [0.29, 0.717) is 0 Å². The maximum Gasteiger partial charge on any atom is 0.0741 e. The number of para-hydroxylation sites is 3. The smallest absolute Gasteiger partial charge is 0.0741 e. The van der Waals surface area contributed by atoms with Gasteiger partial charge in [0.05, 0.1) is 10.8 Å². The van der Waals surface area contributed by atoms with Crippen LogP contribution in [-0.4, -0.2) is 5.16 Å². The molecule has 0 spiro atoms. The minimum Gasteiger partial charge on any atom is -0.311 e. The number of hydrogen-bond acceptors (Lipinski definition) is 4. The molecule has 0 atom stereocenters. The fourth-order valence-electron chi connectivity index (χ4n) is 4.11. The van der Waals surface area contributed by atoms with Crippen molar-refractivity contribution in [2.45, 2.75) is 0 Å². The number of benzene rings is 5. The van der Waals surface area contributed by atoms with E-state index in [1.54, 1.807) is 0 Å². The summed E-state index contributed by atoms with van der Waals surface area (Å²) in [5.74, 6) is 0. The molecule has 0 unspecified atom stereocenters. The number of rotatable bonds is 7. The van der Waals surface area contributed by atoms with Crippen molar-refractivity contribution in [2.24, 2.45) is 4.99 Å². The van der Waals surface area contributed by atoms with Crippen molar-refractivity contribution < 1.29 is 0 Å². The van der Waals surface area contributed by atoms with E-state index in [2.05, 4.69) is 105 Å². The zero-order valence-corrected chi connectivity index (χ0v) is 19.8. The monoisotopic (exact) mass is 469 g/mol. The molecule has 5 aromatic rings. The first-order chi connectivity index (χ1) is 17.3. The lowest BCUT2D eigenvalue weighted by Gasteiger charge is -2.28. The Kier molecular flexibility index (Phi) is 6.77. The first-order valence-corrected chi connectivity index (χ1v) is 11.8. The van der Waals surface area contributed by atoms with Crippen molar-refractivity contribution in [1.82, 2.24) is 0 Å². The standard InChI is InChI=1S/C31H23N3S/c35-24-32-25-16-18-29(19-17-25)34(28-14-8-3-9-15-28)31-22-20-30(21-23-31)33(26-10-4-1-5-11-26)27-12-6-2-7-13-27/h1-23H. The highest BCUT2D eigenvalue weighted by Gasteiger charge is 2.15. The molecule has 5 rings (SSSR count). The third kappa shape index (κ3) is 5.04. The van der Waals surface area contributed by atoms with E-state index in [4.69, 9.17) is 12.2 Å². The summed E-state index contributed by atoms with van der Waals surface area (Å²) in [6.45, 7) is 0. The van der Waals surface area contributed by atoms with Crippen molar-refractivity contribution in [3.63, 3.8) is 0 Å². The molecule has 35 heavy (non-hydrogen) atoms. The molecule has 0 amide bonds. The summed E-state index contributed by atoms with van der Waals surface area (Å²) >= 11 is 4.74. The Balaban J connectivity index is 1.56. The number of isothiocyanates is 1. The summed E-state index contributed by atoms with van der Waals surface area (Å²) in [4.78, 5) is 8.57. The van der Waals surface area contributed by atoms with Gasteiger partial charge in [-0.3, -0.25) is 0 Å². The molecule has 0 aliphatic carbocycles. The average molecular weight is 470 g/mol. The van der Waals surface area contributed by atoms with Crippen molar-refractivity contribution in [1.29, 1.82) is 0 Å². The van der Waals surface area contributed by atoms with Gasteiger partial charge in [-0.05, 0) is 97.1 Å². The second kappa shape index (κ2) is 10.6. The van der Waals surface area contributed by atoms with Gasteiger partial charge in [-0.25, -0.2) is 0 Å². The molecular formula is C31H23N3S. The molecule has 0 fully saturated rings. The van der Waals surface area contributed by atoms with Gasteiger partial charge in [0.25, 0.3) is 0 Å². The minimum absolute atomic E-state index is 0.786. The van der Waals surface area contributed by atoms with Crippen LogP contribution in [0.1, 0.15) is 0 Å². The van der Waals surface area contributed by atoms with E-state index in [1.807, 2.05) is 54.6 Å². The lowest BCUT2D eigenvalue weighted by Crippen LogP contribution is -2.12. The maximum absolute atomic E-state index is 4.74. The molecule has 0 aromatic heterocycles. The molecule has 4 heteroatoms. The highest BCUT2D eigenvalue weighted by Crippen LogP contribution is 2.39. The zero-order valence-electron chi connectivity index (χ0n) is 19.0. The van der Waals surface area contributed by atoms with Crippen LogP contribution < -0.4 is 9.80 Å². The van der Waals surface area contributed by atoms with Gasteiger partial charge in [-0.15, -0.1) is 0 Å². The lowest BCUT2D eigenvalue weighted by molar-refractivity contribution is 1.25. The fraction of sp³-hybridized carbons (Fsp3) is 0. The second-order valence-electron chi connectivity index (χ2n) is 7.91. The summed E-state index contributed by atoms with van der Waals surface area (Å²) in [5.41, 5.74) is 7.28. The van der Waals surface area contributed by atoms with Crippen molar-refractivity contribution in [3.05, 3.63) is 140 Å². The molecule has 0 saturated heterocycles. The summed E-state index contributed by atoms with van der Waals surface area (Å²) in [5, 5.41) is 2.43. The maximum atomic E-state index is 4.74. The van der Waals surface area contributed by atoms with Gasteiger partial charge >= 0.3 is 0 Å². The summed E-state index contributed by atoms with van der Waals surface area (Å²) in [6, 6.07) is 47.8. The van der Waals surface area contributed by atoms with Crippen LogP contribution in [0.25, 0.3) is 0 Å². The van der Waals surface area contributed by atoms with Crippen molar-refractivity contribution >= 4 is 57.2 Å². The predicted octanol–water partition coefficient (Wildman–Crippen LogP) is 9.36. The van der Waals surface area contributed by atoms with Crippen LogP contribution in [0.4, 0.5) is 39.8 Å². The molecule has 0 aliphatic heterocycles. The SMILES string of the molecule is S=C=Nc1ccc(N(c2ccccc2)c2ccc(N(c3ccccc3)c3ccccc3)cc2)cc1. The van der Waals surface area contributed by atoms with Crippen molar-refractivity contribution in [2.75, 3.05) is 9.80 Å². The summed E-state index contributed by atoms with van der Waals surface area (Å²) in [7, 11) is 0. The Labute approximate surface area is 211 Å². The molecule has 0 heterocycles. The molecule has 5 aromatic carbocycles. The molecule has 0 aliphatic rings. The van der Waals surface area contributed by atoms with Gasteiger partial charge in [-0.1, -0.05) is 54.6 Å². The second-order valence-corrected chi connectivity index (χ2v) is 8.10. The Hall–Kier alpha value is -4.50. The highest BCUT2D eigenvalue weighted by atomic mass is 32.1. The quantitative estimate of drug-likeness (QED) is 0.175. The normalized spacial score (nSPS) is 10.3. The van der Waals surface area contributed by atoms with Crippen LogP contribution >= 0.6 is 12.2 Å². The van der Waals surface area contributed by atoms with Crippen LogP contribution in [0.2, 0.25) is 0 Å². The highest BCUT2D eigenvalue weighted by molar-refractivity contribution is 7.78. The Morgan fingerprint density at radius 2 is 0.686 bits per heavy atom. The van der Waals surface area contributed by atoms with E-state index in [1.165, 1.54) is 0 Å². The summed E-state index contributed by atoms with van der Waals surface area (Å²) < 4.78 is 0. The number of anilines is 6. The van der Waals surface area contributed by atoms with Gasteiger partial charge in [0.2, 0.25) is 0 Å². The molecule has 0 N–H and O–H groups in total. The Bertz CT molecular complexity index is 1370. The Morgan fingerprint density at radius 3 is 1.00 bits per heavy atom. The van der Waals surface area contributed by atoms with E-state index >= 15 is 0 Å². The number of hydrogen-bond donors (Lipinski definition) is 0. The number of aliphatic imine (C=N–C) groups is 1. The van der Waals surface area contributed by atoms with Gasteiger partial charge in [-0.2, -0.15) is 4.99 Å². The van der Waals surface area contributed by atoms with Crippen molar-refractivity contribution in [3.8, 4) is 0 Å². The third-order valence-electron chi connectivity index (χ3n) is 5.69. The number of thiocarbonyl (C=S) groups is 1. The zero-order chi connectivity index (χ0) is 23.9. The molecule has 0 bridgehead atoms. The Morgan fingerprint density at radius 1 is 0.400 bits per heavy atom. The van der Waals surface area contributed by atoms with Gasteiger partial charge in [0, 0.05) is 34.1 Å². The third-order valence-corrected chi connectivity index (χ3v) is 5.78. The first-order valence-electron chi connectivity index (χ1n) is 11.4. The molecular weight excluding hydrogens is 446 g/mol. The van der Waals surface area contributed by atoms with Crippen LogP contribution in [0.15, 0.2) is 145 Å². The fourth-order valence-corrected chi connectivity index (χ4v) is 4.21. The minimum atomic E-state index is 0.786. The molecule has 3 nitrogen and oxygen atoms in total. The largest absolute Gasteiger partial charge is 0.311 e. The van der Waals surface area contributed by atoms with Crippen LogP contribution in [-0.2, 0) is 0 Å². The van der Waals surface area contributed by atoms with Crippen LogP contribution in [0, 0.1) is 0 Å². The average Bonchev–Trinajstić information content (AvgIpc) is 2.93. The topological polar surface area (TPSA) is 18.8 Å². The number of nitrogens with zero attached hydrogens (tertiary/aromatic N) is 3. The van der Waals surface area contributed by atoms with Crippen LogP contribution in [0.5, 0.6) is 0 Å².